The molecule has 3 rings (SSSR count). The fourth-order valence-corrected chi connectivity index (χ4v) is 3.11. The average Bonchev–Trinajstić information content (AvgIpc) is 2.77. The van der Waals surface area contributed by atoms with E-state index in [1.54, 1.807) is 0 Å². The van der Waals surface area contributed by atoms with Crippen LogP contribution in [-0.4, -0.2) is 36.5 Å². The molecule has 0 bridgehead atoms. The van der Waals surface area contributed by atoms with Gasteiger partial charge in [0.25, 0.3) is 0 Å². The minimum absolute atomic E-state index is 0. The van der Waals surface area contributed by atoms with Crippen LogP contribution < -0.4 is 11.1 Å². The van der Waals surface area contributed by atoms with Crippen LogP contribution >= 0.6 is 12.4 Å². The largest absolute Gasteiger partial charge is 0.395 e. The van der Waals surface area contributed by atoms with Gasteiger partial charge < -0.3 is 15.9 Å². The lowest BCUT2D eigenvalue weighted by Crippen LogP contribution is -2.45. The molecule has 0 aliphatic carbocycles. The summed E-state index contributed by atoms with van der Waals surface area (Å²) in [5, 5.41) is 20.7. The Labute approximate surface area is 173 Å². The van der Waals surface area contributed by atoms with Crippen LogP contribution in [0.15, 0.2) is 91.0 Å². The van der Waals surface area contributed by atoms with Crippen LogP contribution in [0.4, 0.5) is 0 Å². The maximum Gasteiger partial charge on any atom is 0.0948 e. The lowest BCUT2D eigenvalue weighted by atomic mass is 9.77. The van der Waals surface area contributed by atoms with Crippen molar-refractivity contribution in [1.29, 1.82) is 0 Å². The van der Waals surface area contributed by atoms with Gasteiger partial charge in [-0.1, -0.05) is 91.0 Å². The molecule has 0 radical (unpaired) electrons. The zero-order valence-corrected chi connectivity index (χ0v) is 16.7. The number of hydrogen-bond acceptors (Lipinski definition) is 4. The summed E-state index contributed by atoms with van der Waals surface area (Å²) in [6, 6.07) is 31.2. The van der Waals surface area contributed by atoms with Crippen molar-refractivity contribution in [3.63, 3.8) is 0 Å². The SMILES string of the molecule is Cl.NCCO.OCCNC(c1ccccc1)(c1ccccc1)c1ccccc1. The molecule has 5 heteroatoms. The van der Waals surface area contributed by atoms with Crippen molar-refractivity contribution >= 4 is 12.4 Å². The quantitative estimate of drug-likeness (QED) is 0.460. The van der Waals surface area contributed by atoms with Crippen LogP contribution in [0.3, 0.4) is 0 Å². The Morgan fingerprint density at radius 3 is 1.21 bits per heavy atom. The number of rotatable bonds is 7. The maximum absolute atomic E-state index is 9.41. The van der Waals surface area contributed by atoms with Gasteiger partial charge in [0.15, 0.2) is 0 Å². The Bertz CT molecular complexity index is 657. The molecular weight excluding hydrogens is 372 g/mol. The van der Waals surface area contributed by atoms with Gasteiger partial charge in [0.2, 0.25) is 0 Å². The van der Waals surface area contributed by atoms with Gasteiger partial charge in [0.05, 0.1) is 18.8 Å². The summed E-state index contributed by atoms with van der Waals surface area (Å²) in [6.45, 7) is 1.08. The van der Waals surface area contributed by atoms with E-state index in [2.05, 4.69) is 78.1 Å². The molecule has 3 aromatic rings. The summed E-state index contributed by atoms with van der Waals surface area (Å²) in [4.78, 5) is 0. The summed E-state index contributed by atoms with van der Waals surface area (Å²) in [7, 11) is 0. The topological polar surface area (TPSA) is 78.5 Å². The summed E-state index contributed by atoms with van der Waals surface area (Å²) >= 11 is 0. The third-order valence-corrected chi connectivity index (χ3v) is 4.25. The zero-order chi connectivity index (χ0) is 19.4. The molecule has 28 heavy (non-hydrogen) atoms. The third kappa shape index (κ3) is 5.89. The Balaban J connectivity index is 0.000000717. The van der Waals surface area contributed by atoms with E-state index in [1.807, 2.05) is 18.2 Å². The molecule has 0 spiro atoms. The lowest BCUT2D eigenvalue weighted by molar-refractivity contribution is 0.277. The lowest BCUT2D eigenvalue weighted by Gasteiger charge is -2.37. The second kappa shape index (κ2) is 13.0. The summed E-state index contributed by atoms with van der Waals surface area (Å²) in [5.41, 5.74) is 7.77. The first-order valence-electron chi connectivity index (χ1n) is 9.13. The number of halogens is 1. The van der Waals surface area contributed by atoms with E-state index in [1.165, 1.54) is 0 Å². The van der Waals surface area contributed by atoms with Gasteiger partial charge in [-0.15, -0.1) is 12.4 Å². The maximum atomic E-state index is 9.41. The monoisotopic (exact) mass is 400 g/mol. The van der Waals surface area contributed by atoms with Gasteiger partial charge in [-0.05, 0) is 16.7 Å². The van der Waals surface area contributed by atoms with Gasteiger partial charge in [0.1, 0.15) is 0 Å². The van der Waals surface area contributed by atoms with Crippen LogP contribution in [0.25, 0.3) is 0 Å². The van der Waals surface area contributed by atoms with E-state index in [9.17, 15) is 5.11 Å². The molecule has 0 saturated carbocycles. The minimum atomic E-state index is -0.480. The number of hydrogen-bond donors (Lipinski definition) is 4. The molecule has 0 heterocycles. The van der Waals surface area contributed by atoms with Crippen LogP contribution in [0.2, 0.25) is 0 Å². The first kappa shape index (κ1) is 23.8. The highest BCUT2D eigenvalue weighted by molar-refractivity contribution is 5.85. The molecule has 0 fully saturated rings. The van der Waals surface area contributed by atoms with Gasteiger partial charge >= 0.3 is 0 Å². The second-order valence-corrected chi connectivity index (χ2v) is 6.01. The highest BCUT2D eigenvalue weighted by atomic mass is 35.5. The normalized spacial score (nSPS) is 10.4. The standard InChI is InChI=1S/C21H21NO.C2H7NO.ClH/c23-17-16-22-21(18-10-4-1-5-11-18,19-12-6-2-7-13-19)20-14-8-3-9-15-20;3-1-2-4;/h1-15,22-23H,16-17H2;4H,1-3H2;1H. The Morgan fingerprint density at radius 1 is 0.643 bits per heavy atom. The molecule has 5 N–H and O–H groups in total. The van der Waals surface area contributed by atoms with Gasteiger partial charge in [0, 0.05) is 13.1 Å². The number of aliphatic hydroxyl groups excluding tert-OH is 2. The molecule has 0 aliphatic rings. The fraction of sp³-hybridized carbons (Fsp3) is 0.217. The van der Waals surface area contributed by atoms with E-state index >= 15 is 0 Å². The summed E-state index contributed by atoms with van der Waals surface area (Å²) in [5.74, 6) is 0. The van der Waals surface area contributed by atoms with Gasteiger partial charge in [-0.3, -0.25) is 5.32 Å². The summed E-state index contributed by atoms with van der Waals surface area (Å²) < 4.78 is 0. The third-order valence-electron chi connectivity index (χ3n) is 4.25. The predicted octanol–water partition coefficient (Wildman–Crippen LogP) is 2.92. The number of nitrogens with two attached hydrogens (primary N) is 1. The molecule has 0 saturated heterocycles. The molecule has 0 aliphatic heterocycles. The molecule has 3 aromatic carbocycles. The molecule has 0 amide bonds. The first-order chi connectivity index (χ1) is 13.3. The van der Waals surface area contributed by atoms with E-state index in [4.69, 9.17) is 10.8 Å². The van der Waals surface area contributed by atoms with Crippen LogP contribution in [0.1, 0.15) is 16.7 Å². The molecule has 0 unspecified atom stereocenters. The molecule has 150 valence electrons. The zero-order valence-electron chi connectivity index (χ0n) is 15.9. The highest BCUT2D eigenvalue weighted by Gasteiger charge is 2.35. The van der Waals surface area contributed by atoms with Crippen LogP contribution in [0.5, 0.6) is 0 Å². The fourth-order valence-electron chi connectivity index (χ4n) is 3.11. The Hall–Kier alpha value is -2.21. The van der Waals surface area contributed by atoms with Crippen molar-refractivity contribution in [1.82, 2.24) is 5.32 Å². The smallest absolute Gasteiger partial charge is 0.0948 e. The molecule has 0 aromatic heterocycles. The van der Waals surface area contributed by atoms with E-state index < -0.39 is 5.54 Å². The van der Waals surface area contributed by atoms with E-state index in [0.717, 1.165) is 16.7 Å². The van der Waals surface area contributed by atoms with Crippen molar-refractivity contribution < 1.29 is 10.2 Å². The van der Waals surface area contributed by atoms with E-state index in [-0.39, 0.29) is 25.6 Å². The molecular formula is C23H29ClN2O2. The Kier molecular flexibility index (Phi) is 11.1. The van der Waals surface area contributed by atoms with Gasteiger partial charge in [-0.25, -0.2) is 0 Å². The van der Waals surface area contributed by atoms with Crippen molar-refractivity contribution in [3.8, 4) is 0 Å². The molecule has 0 atom stereocenters. The highest BCUT2D eigenvalue weighted by Crippen LogP contribution is 2.36. The van der Waals surface area contributed by atoms with Crippen molar-refractivity contribution in [2.45, 2.75) is 5.54 Å². The first-order valence-corrected chi connectivity index (χ1v) is 9.13. The second-order valence-electron chi connectivity index (χ2n) is 6.01. The summed E-state index contributed by atoms with van der Waals surface area (Å²) in [6.07, 6.45) is 0. The predicted molar refractivity (Wildman–Crippen MR) is 118 cm³/mol. The van der Waals surface area contributed by atoms with Crippen molar-refractivity contribution in [2.24, 2.45) is 5.73 Å². The Morgan fingerprint density at radius 2 is 0.964 bits per heavy atom. The van der Waals surface area contributed by atoms with Crippen molar-refractivity contribution in [3.05, 3.63) is 108 Å². The van der Waals surface area contributed by atoms with E-state index in [0.29, 0.717) is 13.1 Å². The molecule has 4 nitrogen and oxygen atoms in total. The van der Waals surface area contributed by atoms with Crippen LogP contribution in [0, 0.1) is 0 Å². The number of aliphatic hydroxyl groups is 2. The number of nitrogens with one attached hydrogen (secondary N) is 1. The van der Waals surface area contributed by atoms with Gasteiger partial charge in [-0.2, -0.15) is 0 Å². The number of benzene rings is 3. The van der Waals surface area contributed by atoms with Crippen LogP contribution in [-0.2, 0) is 5.54 Å². The average molecular weight is 401 g/mol. The van der Waals surface area contributed by atoms with Crippen molar-refractivity contribution in [2.75, 3.05) is 26.3 Å². The minimum Gasteiger partial charge on any atom is -0.395 e.